The second-order valence-electron chi connectivity index (χ2n) is 6.01. The highest BCUT2D eigenvalue weighted by Gasteiger charge is 2.13. The van der Waals surface area contributed by atoms with E-state index < -0.39 is 11.9 Å². The second kappa shape index (κ2) is 9.34. The maximum absolute atomic E-state index is 12.0. The minimum atomic E-state index is -1.16. The van der Waals surface area contributed by atoms with Crippen molar-refractivity contribution in [3.63, 3.8) is 0 Å². The zero-order valence-corrected chi connectivity index (χ0v) is 16.4. The predicted octanol–water partition coefficient (Wildman–Crippen LogP) is 4.05. The highest BCUT2D eigenvalue weighted by Crippen LogP contribution is 2.21. The molecule has 1 amide bonds. The van der Waals surface area contributed by atoms with Gasteiger partial charge in [0.1, 0.15) is 5.75 Å². The molecule has 0 aliphatic rings. The standard InChI is InChI=1S/C19H19ClN2O4S/c1-11(2)12-3-6-14(7-4-12)26-10-17(23)22-19(27)21-16-8-5-13(20)9-15(16)18(24)25/h3-9,11H,10H2,1-2H3,(H,24,25)(H2,21,22,23,27). The van der Waals surface area contributed by atoms with Crippen LogP contribution in [0.1, 0.15) is 35.7 Å². The number of carboxylic acid groups (broad SMARTS) is 1. The van der Waals surface area contributed by atoms with E-state index in [-0.39, 0.29) is 28.0 Å². The lowest BCUT2D eigenvalue weighted by Crippen LogP contribution is -2.37. The summed E-state index contributed by atoms with van der Waals surface area (Å²) in [6.45, 7) is 3.96. The largest absolute Gasteiger partial charge is 0.484 e. The number of thiocarbonyl (C=S) groups is 1. The summed E-state index contributed by atoms with van der Waals surface area (Å²) in [5.41, 5.74) is 1.34. The van der Waals surface area contributed by atoms with Gasteiger partial charge < -0.3 is 15.2 Å². The average Bonchev–Trinajstić information content (AvgIpc) is 2.61. The normalized spacial score (nSPS) is 10.4. The van der Waals surface area contributed by atoms with Crippen molar-refractivity contribution in [2.24, 2.45) is 0 Å². The summed E-state index contributed by atoms with van der Waals surface area (Å²) in [5, 5.41) is 14.6. The predicted molar refractivity (Wildman–Crippen MR) is 109 cm³/mol. The van der Waals surface area contributed by atoms with Gasteiger partial charge in [0.05, 0.1) is 11.3 Å². The maximum Gasteiger partial charge on any atom is 0.337 e. The number of anilines is 1. The summed E-state index contributed by atoms with van der Waals surface area (Å²) in [4.78, 5) is 23.2. The maximum atomic E-state index is 12.0. The van der Waals surface area contributed by atoms with E-state index in [9.17, 15) is 14.7 Å². The molecule has 0 unspecified atom stereocenters. The highest BCUT2D eigenvalue weighted by molar-refractivity contribution is 7.80. The Morgan fingerprint density at radius 3 is 2.44 bits per heavy atom. The molecule has 0 saturated heterocycles. The van der Waals surface area contributed by atoms with Gasteiger partial charge >= 0.3 is 5.97 Å². The fourth-order valence-corrected chi connectivity index (χ4v) is 2.61. The van der Waals surface area contributed by atoms with Gasteiger partial charge in [0.25, 0.3) is 5.91 Å². The molecule has 0 aliphatic carbocycles. The minimum Gasteiger partial charge on any atom is -0.484 e. The fraction of sp³-hybridized carbons (Fsp3) is 0.211. The zero-order chi connectivity index (χ0) is 20.0. The number of hydrogen-bond donors (Lipinski definition) is 3. The van der Waals surface area contributed by atoms with Crippen LogP contribution in [0.15, 0.2) is 42.5 Å². The molecule has 0 aliphatic heterocycles. The number of rotatable bonds is 6. The summed E-state index contributed by atoms with van der Waals surface area (Å²) in [6.07, 6.45) is 0. The number of hydrogen-bond acceptors (Lipinski definition) is 4. The first kappa shape index (κ1) is 20.7. The Hall–Kier alpha value is -2.64. The fourth-order valence-electron chi connectivity index (χ4n) is 2.22. The molecular formula is C19H19ClN2O4S. The molecule has 0 saturated carbocycles. The number of aromatic carboxylic acids is 1. The molecule has 142 valence electrons. The third-order valence-corrected chi connectivity index (χ3v) is 4.07. The van der Waals surface area contributed by atoms with Gasteiger partial charge in [-0.15, -0.1) is 0 Å². The lowest BCUT2D eigenvalue weighted by Gasteiger charge is -2.13. The molecule has 2 aromatic carbocycles. The van der Waals surface area contributed by atoms with Crippen molar-refractivity contribution in [3.8, 4) is 5.75 Å². The topological polar surface area (TPSA) is 87.7 Å². The van der Waals surface area contributed by atoms with Crippen LogP contribution in [0.4, 0.5) is 5.69 Å². The molecule has 2 rings (SSSR count). The molecule has 27 heavy (non-hydrogen) atoms. The lowest BCUT2D eigenvalue weighted by molar-refractivity contribution is -0.121. The molecule has 8 heteroatoms. The van der Waals surface area contributed by atoms with E-state index in [0.717, 1.165) is 0 Å². The van der Waals surface area contributed by atoms with Crippen LogP contribution in [0.5, 0.6) is 5.75 Å². The van der Waals surface area contributed by atoms with Crippen molar-refractivity contribution in [1.82, 2.24) is 5.32 Å². The van der Waals surface area contributed by atoms with Crippen molar-refractivity contribution in [3.05, 3.63) is 58.6 Å². The van der Waals surface area contributed by atoms with Crippen molar-refractivity contribution in [1.29, 1.82) is 0 Å². The summed E-state index contributed by atoms with van der Waals surface area (Å²) in [5.74, 6) is -0.651. The quantitative estimate of drug-likeness (QED) is 0.627. The minimum absolute atomic E-state index is 0.0384. The van der Waals surface area contributed by atoms with Crippen molar-refractivity contribution < 1.29 is 19.4 Å². The van der Waals surface area contributed by atoms with Gasteiger partial charge in [-0.25, -0.2) is 4.79 Å². The SMILES string of the molecule is CC(C)c1ccc(OCC(=O)NC(=S)Nc2ccc(Cl)cc2C(=O)O)cc1. The number of carbonyl (C=O) groups excluding carboxylic acids is 1. The molecule has 0 bridgehead atoms. The van der Waals surface area contributed by atoms with Gasteiger partial charge in [-0.05, 0) is 54.0 Å². The van der Waals surface area contributed by atoms with E-state index in [2.05, 4.69) is 24.5 Å². The Morgan fingerprint density at radius 1 is 1.19 bits per heavy atom. The van der Waals surface area contributed by atoms with Crippen LogP contribution >= 0.6 is 23.8 Å². The van der Waals surface area contributed by atoms with Crippen LogP contribution in [0.2, 0.25) is 5.02 Å². The Balaban J connectivity index is 1.89. The Labute approximate surface area is 167 Å². The Kier molecular flexibility index (Phi) is 7.15. The van der Waals surface area contributed by atoms with Gasteiger partial charge in [-0.2, -0.15) is 0 Å². The number of halogens is 1. The van der Waals surface area contributed by atoms with Crippen LogP contribution in [-0.4, -0.2) is 28.7 Å². The monoisotopic (exact) mass is 406 g/mol. The van der Waals surface area contributed by atoms with E-state index in [1.165, 1.54) is 23.8 Å². The molecule has 0 atom stereocenters. The number of benzene rings is 2. The van der Waals surface area contributed by atoms with Crippen molar-refractivity contribution in [2.45, 2.75) is 19.8 Å². The van der Waals surface area contributed by atoms with E-state index in [1.807, 2.05) is 12.1 Å². The van der Waals surface area contributed by atoms with Crippen LogP contribution in [0.25, 0.3) is 0 Å². The number of carboxylic acids is 1. The first-order valence-corrected chi connectivity index (χ1v) is 8.91. The molecule has 2 aromatic rings. The molecular weight excluding hydrogens is 388 g/mol. The average molecular weight is 407 g/mol. The van der Waals surface area contributed by atoms with Gasteiger partial charge in [-0.1, -0.05) is 37.6 Å². The first-order chi connectivity index (χ1) is 12.8. The van der Waals surface area contributed by atoms with Crippen LogP contribution in [0.3, 0.4) is 0 Å². The molecule has 0 heterocycles. The molecule has 0 radical (unpaired) electrons. The summed E-state index contributed by atoms with van der Waals surface area (Å²) in [6, 6.07) is 11.8. The number of carbonyl (C=O) groups is 2. The van der Waals surface area contributed by atoms with E-state index in [0.29, 0.717) is 11.7 Å². The molecule has 6 nitrogen and oxygen atoms in total. The second-order valence-corrected chi connectivity index (χ2v) is 6.85. The molecule has 0 aromatic heterocycles. The molecule has 0 spiro atoms. The third kappa shape index (κ3) is 6.23. The number of nitrogens with one attached hydrogen (secondary N) is 2. The lowest BCUT2D eigenvalue weighted by atomic mass is 10.0. The van der Waals surface area contributed by atoms with Gasteiger partial charge in [0.2, 0.25) is 0 Å². The van der Waals surface area contributed by atoms with Crippen LogP contribution in [-0.2, 0) is 4.79 Å². The first-order valence-electron chi connectivity index (χ1n) is 8.12. The van der Waals surface area contributed by atoms with E-state index in [4.69, 9.17) is 28.6 Å². The Bertz CT molecular complexity index is 853. The molecule has 3 N–H and O–H groups in total. The summed E-state index contributed by atoms with van der Waals surface area (Å²) in [7, 11) is 0. The van der Waals surface area contributed by atoms with E-state index >= 15 is 0 Å². The van der Waals surface area contributed by atoms with Crippen molar-refractivity contribution in [2.75, 3.05) is 11.9 Å². The van der Waals surface area contributed by atoms with E-state index in [1.54, 1.807) is 12.1 Å². The summed E-state index contributed by atoms with van der Waals surface area (Å²) >= 11 is 10.8. The third-order valence-electron chi connectivity index (χ3n) is 3.63. The number of amides is 1. The van der Waals surface area contributed by atoms with Crippen LogP contribution in [0, 0.1) is 0 Å². The zero-order valence-electron chi connectivity index (χ0n) is 14.8. The van der Waals surface area contributed by atoms with Gasteiger partial charge in [-0.3, -0.25) is 10.1 Å². The highest BCUT2D eigenvalue weighted by atomic mass is 35.5. The summed E-state index contributed by atoms with van der Waals surface area (Å²) < 4.78 is 5.42. The Morgan fingerprint density at radius 2 is 1.85 bits per heavy atom. The molecule has 0 fully saturated rings. The smallest absolute Gasteiger partial charge is 0.337 e. The number of ether oxygens (including phenoxy) is 1. The van der Waals surface area contributed by atoms with Gasteiger partial charge in [0, 0.05) is 5.02 Å². The van der Waals surface area contributed by atoms with Crippen LogP contribution < -0.4 is 15.4 Å². The van der Waals surface area contributed by atoms with Gasteiger partial charge in [0.15, 0.2) is 11.7 Å². The van der Waals surface area contributed by atoms with Crippen molar-refractivity contribution >= 4 is 46.5 Å².